The molecule has 2 unspecified atom stereocenters. The molecule has 2 atom stereocenters. The summed E-state index contributed by atoms with van der Waals surface area (Å²) in [5.41, 5.74) is -6.79. The van der Waals surface area contributed by atoms with E-state index in [0.29, 0.717) is 6.07 Å². The zero-order valence-electron chi connectivity index (χ0n) is 13.7. The normalized spacial score (nSPS) is 19.2. The summed E-state index contributed by atoms with van der Waals surface area (Å²) in [4.78, 5) is -1.27. The number of ether oxygens (including phenoxy) is 1. The molecule has 0 fully saturated rings. The van der Waals surface area contributed by atoms with Crippen LogP contribution in [0.15, 0.2) is 35.2 Å². The second-order valence-electron chi connectivity index (χ2n) is 5.96. The first kappa shape index (κ1) is 20.0. The Labute approximate surface area is 155 Å². The largest absolute Gasteiger partial charge is 0.501 e. The molecular weight excluding hydrogens is 409 g/mol. The van der Waals surface area contributed by atoms with Gasteiger partial charge < -0.3 is 9.84 Å². The minimum absolute atomic E-state index is 0.105. The first-order valence-electron chi connectivity index (χ1n) is 7.63. The first-order chi connectivity index (χ1) is 13.0. The molecule has 0 heterocycles. The number of hydrogen-bond donors (Lipinski definition) is 1. The zero-order chi connectivity index (χ0) is 20.9. The van der Waals surface area contributed by atoms with Crippen molar-refractivity contribution in [1.29, 1.82) is 5.26 Å². The van der Waals surface area contributed by atoms with E-state index in [1.807, 2.05) is 0 Å². The van der Waals surface area contributed by atoms with Gasteiger partial charge in [0.2, 0.25) is 0 Å². The van der Waals surface area contributed by atoms with Crippen LogP contribution in [0.25, 0.3) is 0 Å². The predicted molar refractivity (Wildman–Crippen MR) is 84.4 cm³/mol. The SMILES string of the molecule is N#Cc1cc(F)cc(Oc2ccc(S(=O)(=O)C(F)(F)F)c3c2CC(F)C3O)c1. The summed E-state index contributed by atoms with van der Waals surface area (Å²) in [6, 6.07) is 6.01. The molecule has 148 valence electrons. The molecule has 0 radical (unpaired) electrons. The summed E-state index contributed by atoms with van der Waals surface area (Å²) < 4.78 is 95.2. The van der Waals surface area contributed by atoms with Gasteiger partial charge in [-0.25, -0.2) is 17.2 Å². The number of hydrogen-bond acceptors (Lipinski definition) is 5. The monoisotopic (exact) mass is 419 g/mol. The van der Waals surface area contributed by atoms with Gasteiger partial charge in [0.05, 0.1) is 16.5 Å². The Bertz CT molecular complexity index is 1090. The van der Waals surface area contributed by atoms with Crippen molar-refractivity contribution < 1.29 is 40.2 Å². The second kappa shape index (κ2) is 6.72. The molecule has 3 rings (SSSR count). The topological polar surface area (TPSA) is 87.4 Å². The van der Waals surface area contributed by atoms with Gasteiger partial charge in [-0.1, -0.05) is 0 Å². The minimum Gasteiger partial charge on any atom is -0.457 e. The molecule has 0 saturated carbocycles. The third kappa shape index (κ3) is 3.29. The second-order valence-corrected chi connectivity index (χ2v) is 7.87. The summed E-state index contributed by atoms with van der Waals surface area (Å²) in [5.74, 6) is -1.29. The van der Waals surface area contributed by atoms with E-state index in [2.05, 4.69) is 0 Å². The van der Waals surface area contributed by atoms with Crippen LogP contribution in [0, 0.1) is 17.1 Å². The van der Waals surface area contributed by atoms with Gasteiger partial charge in [-0.15, -0.1) is 0 Å². The van der Waals surface area contributed by atoms with Gasteiger partial charge in [0.15, 0.2) is 0 Å². The number of alkyl halides is 4. The minimum atomic E-state index is -5.85. The fourth-order valence-electron chi connectivity index (χ4n) is 2.91. The van der Waals surface area contributed by atoms with E-state index in [1.54, 1.807) is 6.07 Å². The summed E-state index contributed by atoms with van der Waals surface area (Å²) in [5, 5.41) is 18.8. The molecular formula is C17H10F5NO4S. The van der Waals surface area contributed by atoms with Crippen LogP contribution in [-0.4, -0.2) is 25.2 Å². The number of aliphatic hydroxyl groups excluding tert-OH is 1. The van der Waals surface area contributed by atoms with Crippen molar-refractivity contribution in [2.45, 2.75) is 29.1 Å². The molecule has 0 aliphatic heterocycles. The number of benzene rings is 2. The van der Waals surface area contributed by atoms with Crippen molar-refractivity contribution in [1.82, 2.24) is 0 Å². The van der Waals surface area contributed by atoms with Crippen LogP contribution in [0.3, 0.4) is 0 Å². The highest BCUT2D eigenvalue weighted by Gasteiger charge is 2.50. The fourth-order valence-corrected chi connectivity index (χ4v) is 3.94. The maximum atomic E-state index is 14.0. The lowest BCUT2D eigenvalue weighted by atomic mass is 10.1. The Balaban J connectivity index is 2.15. The molecule has 0 saturated heterocycles. The van der Waals surface area contributed by atoms with E-state index in [4.69, 9.17) is 10.00 Å². The van der Waals surface area contributed by atoms with Crippen LogP contribution in [0.5, 0.6) is 11.5 Å². The van der Waals surface area contributed by atoms with E-state index >= 15 is 0 Å². The van der Waals surface area contributed by atoms with Gasteiger partial charge in [0.1, 0.15) is 29.6 Å². The van der Waals surface area contributed by atoms with Crippen LogP contribution in [0.4, 0.5) is 22.0 Å². The highest BCUT2D eigenvalue weighted by Crippen LogP contribution is 2.46. The molecule has 1 aliphatic rings. The number of nitriles is 1. The van der Waals surface area contributed by atoms with E-state index in [1.165, 1.54) is 0 Å². The van der Waals surface area contributed by atoms with Gasteiger partial charge in [-0.2, -0.15) is 18.4 Å². The third-order valence-electron chi connectivity index (χ3n) is 4.13. The van der Waals surface area contributed by atoms with Crippen LogP contribution in [0.1, 0.15) is 22.8 Å². The first-order valence-corrected chi connectivity index (χ1v) is 9.12. The number of aliphatic hydroxyl groups is 1. The van der Waals surface area contributed by atoms with Crippen LogP contribution >= 0.6 is 0 Å². The van der Waals surface area contributed by atoms with E-state index in [-0.39, 0.29) is 22.6 Å². The van der Waals surface area contributed by atoms with Crippen LogP contribution < -0.4 is 4.74 Å². The average molecular weight is 419 g/mol. The van der Waals surface area contributed by atoms with Crippen molar-refractivity contribution in [3.05, 3.63) is 52.8 Å². The molecule has 11 heteroatoms. The lowest BCUT2D eigenvalue weighted by Crippen LogP contribution is -2.25. The Morgan fingerprint density at radius 1 is 1.21 bits per heavy atom. The van der Waals surface area contributed by atoms with Crippen molar-refractivity contribution in [2.75, 3.05) is 0 Å². The van der Waals surface area contributed by atoms with Crippen molar-refractivity contribution in [2.24, 2.45) is 0 Å². The lowest BCUT2D eigenvalue weighted by Gasteiger charge is -2.17. The lowest BCUT2D eigenvalue weighted by molar-refractivity contribution is -0.0437. The Morgan fingerprint density at radius 2 is 1.89 bits per heavy atom. The van der Waals surface area contributed by atoms with Gasteiger partial charge in [-0.3, -0.25) is 0 Å². The number of halogens is 5. The van der Waals surface area contributed by atoms with Gasteiger partial charge >= 0.3 is 5.51 Å². The summed E-state index contributed by atoms with van der Waals surface area (Å²) in [7, 11) is -5.85. The number of sulfone groups is 1. The van der Waals surface area contributed by atoms with Gasteiger partial charge in [0.25, 0.3) is 9.84 Å². The molecule has 2 aromatic rings. The summed E-state index contributed by atoms with van der Waals surface area (Å²) in [6.45, 7) is 0. The Kier molecular flexibility index (Phi) is 4.81. The highest BCUT2D eigenvalue weighted by atomic mass is 32.2. The van der Waals surface area contributed by atoms with Crippen molar-refractivity contribution in [3.8, 4) is 17.6 Å². The number of fused-ring (bicyclic) bond motifs is 1. The maximum absolute atomic E-state index is 14.0. The van der Waals surface area contributed by atoms with Crippen molar-refractivity contribution in [3.63, 3.8) is 0 Å². The maximum Gasteiger partial charge on any atom is 0.501 e. The fraction of sp³-hybridized carbons (Fsp3) is 0.235. The molecule has 0 amide bonds. The van der Waals surface area contributed by atoms with Gasteiger partial charge in [0, 0.05) is 23.6 Å². The average Bonchev–Trinajstić information content (AvgIpc) is 2.89. The summed E-state index contributed by atoms with van der Waals surface area (Å²) in [6.07, 6.45) is -4.76. The molecule has 0 spiro atoms. The Hall–Kier alpha value is -2.71. The van der Waals surface area contributed by atoms with Crippen molar-refractivity contribution >= 4 is 9.84 Å². The quantitative estimate of drug-likeness (QED) is 0.767. The smallest absolute Gasteiger partial charge is 0.457 e. The van der Waals surface area contributed by atoms with E-state index in [0.717, 1.165) is 24.3 Å². The zero-order valence-corrected chi connectivity index (χ0v) is 14.5. The van der Waals surface area contributed by atoms with Crippen LogP contribution in [0.2, 0.25) is 0 Å². The highest BCUT2D eigenvalue weighted by molar-refractivity contribution is 7.92. The van der Waals surface area contributed by atoms with E-state index < -0.39 is 50.3 Å². The molecule has 28 heavy (non-hydrogen) atoms. The van der Waals surface area contributed by atoms with Gasteiger partial charge in [-0.05, 0) is 24.3 Å². The standard InChI is InChI=1S/C17H10F5NO4S/c18-9-3-8(7-23)4-10(5-9)27-13-1-2-14(28(25,26)17(20,21)22)15-11(13)6-12(19)16(15)24/h1-5,12,16,24H,6H2. The third-order valence-corrected chi connectivity index (χ3v) is 5.68. The van der Waals surface area contributed by atoms with E-state index in [9.17, 15) is 35.5 Å². The number of nitrogens with zero attached hydrogens (tertiary/aromatic N) is 1. The predicted octanol–water partition coefficient (Wildman–Crippen LogP) is 3.71. The molecule has 0 bridgehead atoms. The molecule has 5 nitrogen and oxygen atoms in total. The Morgan fingerprint density at radius 3 is 2.50 bits per heavy atom. The van der Waals surface area contributed by atoms with Crippen LogP contribution in [-0.2, 0) is 16.3 Å². The molecule has 1 aliphatic carbocycles. The molecule has 0 aromatic heterocycles. The molecule has 1 N–H and O–H groups in total. The molecule has 2 aromatic carbocycles. The summed E-state index contributed by atoms with van der Waals surface area (Å²) >= 11 is 0. The number of rotatable bonds is 3.